The molecule has 1 atom stereocenters. The molecular formula is C18H26NO7P. The van der Waals surface area contributed by atoms with Crippen molar-refractivity contribution < 1.29 is 34.6 Å². The summed E-state index contributed by atoms with van der Waals surface area (Å²) < 4.78 is 8.88. The van der Waals surface area contributed by atoms with Gasteiger partial charge in [0.05, 0.1) is 0 Å². The van der Waals surface area contributed by atoms with Crippen molar-refractivity contribution in [2.75, 3.05) is 6.54 Å². The van der Waals surface area contributed by atoms with Crippen LogP contribution >= 0.6 is 7.82 Å². The Hall–Kier alpha value is -2.09. The van der Waals surface area contributed by atoms with Gasteiger partial charge in [0.25, 0.3) is 0 Å². The summed E-state index contributed by atoms with van der Waals surface area (Å²) in [4.78, 5) is 21.6. The van der Waals surface area contributed by atoms with Crippen LogP contribution in [-0.2, 0) is 17.4 Å². The van der Waals surface area contributed by atoms with E-state index in [0.29, 0.717) is 11.8 Å². The number of phosphoric acid groups is 1. The molecule has 0 aromatic heterocycles. The van der Waals surface area contributed by atoms with Gasteiger partial charge in [-0.15, -0.1) is 0 Å². The summed E-state index contributed by atoms with van der Waals surface area (Å²) in [6, 6.07) is 12.6. The molecule has 2 rings (SSSR count). The maximum atomic E-state index is 9.45. The van der Waals surface area contributed by atoms with Crippen LogP contribution in [-0.4, -0.2) is 42.6 Å². The molecule has 0 aliphatic heterocycles. The zero-order chi connectivity index (χ0) is 20.4. The van der Waals surface area contributed by atoms with E-state index in [1.807, 2.05) is 18.2 Å². The quantitative estimate of drug-likeness (QED) is 0.276. The molecule has 2 aromatic carbocycles. The molecule has 0 aliphatic carbocycles. The Bertz CT molecular complexity index is 738. The van der Waals surface area contributed by atoms with Crippen LogP contribution in [0.4, 0.5) is 0 Å². The minimum Gasteiger partial charge on any atom is -0.508 e. The number of phenolic OH excluding ortho intramolecular Hbond substituents is 3. The topological polar surface area (TPSA) is 150 Å². The summed E-state index contributed by atoms with van der Waals surface area (Å²) in [6.07, 6.45) is 2.79. The Morgan fingerprint density at radius 2 is 1.44 bits per heavy atom. The number of nitrogens with one attached hydrogen (secondary N) is 1. The number of hydrogen-bond acceptors (Lipinski definition) is 5. The van der Waals surface area contributed by atoms with E-state index >= 15 is 0 Å². The van der Waals surface area contributed by atoms with E-state index in [9.17, 15) is 15.3 Å². The fourth-order valence-electron chi connectivity index (χ4n) is 2.34. The molecule has 150 valence electrons. The highest BCUT2D eigenvalue weighted by Crippen LogP contribution is 2.26. The molecule has 0 saturated heterocycles. The molecule has 8 nitrogen and oxygen atoms in total. The Kier molecular flexibility index (Phi) is 9.28. The summed E-state index contributed by atoms with van der Waals surface area (Å²) in [7, 11) is -4.64. The van der Waals surface area contributed by atoms with Gasteiger partial charge in [-0.25, -0.2) is 4.57 Å². The Balaban J connectivity index is 0.000000646. The minimum atomic E-state index is -4.64. The molecule has 7 N–H and O–H groups in total. The van der Waals surface area contributed by atoms with Gasteiger partial charge in [-0.05, 0) is 68.1 Å². The van der Waals surface area contributed by atoms with Crippen molar-refractivity contribution >= 4 is 7.82 Å². The molecule has 0 unspecified atom stereocenters. The van der Waals surface area contributed by atoms with Crippen molar-refractivity contribution in [1.29, 1.82) is 0 Å². The smallest absolute Gasteiger partial charge is 0.466 e. The number of hydrogen-bond donors (Lipinski definition) is 7. The summed E-state index contributed by atoms with van der Waals surface area (Å²) in [5.74, 6) is 0.143. The van der Waals surface area contributed by atoms with Crippen LogP contribution in [0.15, 0.2) is 42.5 Å². The molecule has 0 spiro atoms. The molecule has 0 bridgehead atoms. The fraction of sp³-hybridized carbons (Fsp3) is 0.333. The second-order valence-electron chi connectivity index (χ2n) is 6.15. The highest BCUT2D eigenvalue weighted by atomic mass is 31.2. The van der Waals surface area contributed by atoms with Crippen molar-refractivity contribution in [3.05, 3.63) is 53.6 Å². The van der Waals surface area contributed by atoms with Crippen LogP contribution in [0.25, 0.3) is 0 Å². The molecule has 0 amide bonds. The van der Waals surface area contributed by atoms with Gasteiger partial charge in [0, 0.05) is 6.04 Å². The van der Waals surface area contributed by atoms with Crippen molar-refractivity contribution in [3.8, 4) is 17.2 Å². The van der Waals surface area contributed by atoms with Crippen LogP contribution in [0.2, 0.25) is 0 Å². The number of benzene rings is 2. The normalized spacial score (nSPS) is 12.1. The van der Waals surface area contributed by atoms with Gasteiger partial charge >= 0.3 is 7.82 Å². The van der Waals surface area contributed by atoms with Crippen LogP contribution in [0.5, 0.6) is 17.2 Å². The highest BCUT2D eigenvalue weighted by Gasteiger charge is 2.04. The summed E-state index contributed by atoms with van der Waals surface area (Å²) in [5, 5.41) is 31.4. The molecular weight excluding hydrogens is 373 g/mol. The summed E-state index contributed by atoms with van der Waals surface area (Å²) in [6.45, 7) is 2.97. The van der Waals surface area contributed by atoms with Crippen LogP contribution in [0.1, 0.15) is 24.5 Å². The zero-order valence-corrected chi connectivity index (χ0v) is 15.9. The second-order valence-corrected chi connectivity index (χ2v) is 7.17. The lowest BCUT2D eigenvalue weighted by molar-refractivity contribution is 0.275. The molecule has 27 heavy (non-hydrogen) atoms. The summed E-state index contributed by atoms with van der Waals surface area (Å²) >= 11 is 0. The average Bonchev–Trinajstić information content (AvgIpc) is 2.56. The van der Waals surface area contributed by atoms with Crippen LogP contribution in [0.3, 0.4) is 0 Å². The average molecular weight is 399 g/mol. The Labute approximate surface area is 158 Å². The van der Waals surface area contributed by atoms with Gasteiger partial charge in [-0.2, -0.15) is 0 Å². The minimum absolute atomic E-state index is 0.0714. The highest BCUT2D eigenvalue weighted by molar-refractivity contribution is 7.45. The lowest BCUT2D eigenvalue weighted by Gasteiger charge is -2.14. The van der Waals surface area contributed by atoms with Gasteiger partial charge < -0.3 is 35.3 Å². The molecule has 2 aromatic rings. The molecule has 0 fully saturated rings. The van der Waals surface area contributed by atoms with E-state index in [4.69, 9.17) is 19.2 Å². The predicted molar refractivity (Wildman–Crippen MR) is 102 cm³/mol. The van der Waals surface area contributed by atoms with Gasteiger partial charge in [0.1, 0.15) is 5.75 Å². The van der Waals surface area contributed by atoms with Crippen molar-refractivity contribution in [3.63, 3.8) is 0 Å². The monoisotopic (exact) mass is 399 g/mol. The first-order chi connectivity index (χ1) is 12.5. The van der Waals surface area contributed by atoms with Crippen molar-refractivity contribution in [2.24, 2.45) is 0 Å². The lowest BCUT2D eigenvalue weighted by atomic mass is 10.1. The van der Waals surface area contributed by atoms with E-state index in [2.05, 4.69) is 12.2 Å². The molecule has 0 radical (unpaired) electrons. The third-order valence-electron chi connectivity index (χ3n) is 3.75. The van der Waals surface area contributed by atoms with E-state index in [1.54, 1.807) is 18.2 Å². The maximum Gasteiger partial charge on any atom is 0.466 e. The second kappa shape index (κ2) is 10.9. The van der Waals surface area contributed by atoms with Crippen molar-refractivity contribution in [1.82, 2.24) is 5.32 Å². The van der Waals surface area contributed by atoms with Gasteiger partial charge in [-0.3, -0.25) is 0 Å². The van der Waals surface area contributed by atoms with E-state index in [1.165, 1.54) is 11.6 Å². The first-order valence-electron chi connectivity index (χ1n) is 8.35. The van der Waals surface area contributed by atoms with Gasteiger partial charge in [0.2, 0.25) is 0 Å². The first kappa shape index (κ1) is 23.0. The van der Waals surface area contributed by atoms with Crippen LogP contribution in [0, 0.1) is 0 Å². The number of aryl methyl sites for hydroxylation is 1. The molecule has 0 saturated carbocycles. The molecule has 0 aliphatic rings. The van der Waals surface area contributed by atoms with Crippen molar-refractivity contribution in [2.45, 2.75) is 32.2 Å². The predicted octanol–water partition coefficient (Wildman–Crippen LogP) is 2.03. The number of rotatable bonds is 7. The Morgan fingerprint density at radius 1 is 0.889 bits per heavy atom. The summed E-state index contributed by atoms with van der Waals surface area (Å²) in [5.41, 5.74) is 2.21. The maximum absolute atomic E-state index is 9.45. The van der Waals surface area contributed by atoms with Crippen LogP contribution < -0.4 is 5.32 Å². The van der Waals surface area contributed by atoms with E-state index in [-0.39, 0.29) is 11.5 Å². The first-order valence-corrected chi connectivity index (χ1v) is 9.91. The molecule has 9 heteroatoms. The molecule has 0 heterocycles. The number of phenols is 3. The van der Waals surface area contributed by atoms with E-state index in [0.717, 1.165) is 31.4 Å². The SMILES string of the molecule is C[C@@H](CCc1ccc(O)cc1)NCCc1ccc(O)c(O)c1.O=P(O)(O)O. The third kappa shape index (κ3) is 11.3. The number of aromatic hydroxyl groups is 3. The fourth-order valence-corrected chi connectivity index (χ4v) is 2.34. The largest absolute Gasteiger partial charge is 0.508 e. The zero-order valence-electron chi connectivity index (χ0n) is 15.0. The third-order valence-corrected chi connectivity index (χ3v) is 3.75. The van der Waals surface area contributed by atoms with Gasteiger partial charge in [-0.1, -0.05) is 18.2 Å². The standard InChI is InChI=1S/C18H23NO3.H3O4P/c1-13(2-3-14-4-7-16(20)8-5-14)19-11-10-15-6-9-17(21)18(22)12-15;1-5(2,3)4/h4-9,12-13,19-22H,2-3,10-11H2,1H3;(H3,1,2,3,4)/t13-;/m0./s1. The lowest BCUT2D eigenvalue weighted by Crippen LogP contribution is -2.28. The Morgan fingerprint density at radius 3 is 2.00 bits per heavy atom. The van der Waals surface area contributed by atoms with E-state index < -0.39 is 7.82 Å². The van der Waals surface area contributed by atoms with Gasteiger partial charge in [0.15, 0.2) is 11.5 Å².